The molecule has 0 spiro atoms. The first-order valence-electron chi connectivity index (χ1n) is 5.19. The van der Waals surface area contributed by atoms with Gasteiger partial charge in [0.25, 0.3) is 0 Å². The van der Waals surface area contributed by atoms with Crippen molar-refractivity contribution in [1.82, 2.24) is 15.6 Å². The minimum Gasteiger partial charge on any atom is -0.467 e. The number of urea groups is 1. The zero-order valence-electron chi connectivity index (χ0n) is 9.40. The maximum Gasteiger partial charge on any atom is 0.315 e. The van der Waals surface area contributed by atoms with Crippen LogP contribution in [0.4, 0.5) is 4.79 Å². The number of furan rings is 1. The van der Waals surface area contributed by atoms with Gasteiger partial charge in [0.1, 0.15) is 10.8 Å². The van der Waals surface area contributed by atoms with Gasteiger partial charge < -0.3 is 15.1 Å². The molecule has 5 nitrogen and oxygen atoms in total. The number of nitrogens with one attached hydrogen (secondary N) is 2. The van der Waals surface area contributed by atoms with E-state index in [1.54, 1.807) is 12.3 Å². The summed E-state index contributed by atoms with van der Waals surface area (Å²) in [6.07, 6.45) is 1.58. The third-order valence-electron chi connectivity index (χ3n) is 2.07. The Morgan fingerprint density at radius 3 is 2.94 bits per heavy atom. The zero-order valence-corrected chi connectivity index (χ0v) is 10.2. The van der Waals surface area contributed by atoms with Crippen LogP contribution in [0.5, 0.6) is 0 Å². The summed E-state index contributed by atoms with van der Waals surface area (Å²) < 4.78 is 5.10. The second-order valence-corrected chi connectivity index (χ2v) is 4.44. The Labute approximate surface area is 103 Å². The number of hydrogen-bond donors (Lipinski definition) is 2. The monoisotopic (exact) mass is 251 g/mol. The zero-order chi connectivity index (χ0) is 12.1. The van der Waals surface area contributed by atoms with Gasteiger partial charge in [0.2, 0.25) is 0 Å². The van der Waals surface area contributed by atoms with Crippen LogP contribution in [0, 0.1) is 6.92 Å². The number of thiazole rings is 1. The van der Waals surface area contributed by atoms with Crippen LogP contribution in [0.25, 0.3) is 0 Å². The molecule has 0 saturated carbocycles. The van der Waals surface area contributed by atoms with Gasteiger partial charge in [-0.15, -0.1) is 11.3 Å². The van der Waals surface area contributed by atoms with Gasteiger partial charge in [-0.25, -0.2) is 9.78 Å². The van der Waals surface area contributed by atoms with Crippen molar-refractivity contribution in [3.63, 3.8) is 0 Å². The molecule has 2 aromatic heterocycles. The molecule has 0 aliphatic heterocycles. The third-order valence-corrected chi connectivity index (χ3v) is 3.04. The maximum absolute atomic E-state index is 11.4. The van der Waals surface area contributed by atoms with E-state index in [1.165, 1.54) is 11.3 Å². The van der Waals surface area contributed by atoms with Crippen molar-refractivity contribution in [3.8, 4) is 0 Å². The Kier molecular flexibility index (Phi) is 3.77. The van der Waals surface area contributed by atoms with Crippen molar-refractivity contribution in [2.45, 2.75) is 20.0 Å². The molecule has 0 aliphatic carbocycles. The van der Waals surface area contributed by atoms with Crippen LogP contribution in [-0.2, 0) is 13.1 Å². The molecule has 0 unspecified atom stereocenters. The van der Waals surface area contributed by atoms with Crippen LogP contribution >= 0.6 is 11.3 Å². The number of aromatic nitrogens is 1. The number of aryl methyl sites for hydroxylation is 1. The van der Waals surface area contributed by atoms with E-state index in [2.05, 4.69) is 15.6 Å². The molecule has 2 N–H and O–H groups in total. The molecule has 0 atom stereocenters. The Morgan fingerprint density at radius 2 is 2.29 bits per heavy atom. The maximum atomic E-state index is 11.4. The van der Waals surface area contributed by atoms with Gasteiger partial charge in [-0.05, 0) is 19.1 Å². The number of carbonyl (C=O) groups is 1. The molecular weight excluding hydrogens is 238 g/mol. The summed E-state index contributed by atoms with van der Waals surface area (Å²) in [7, 11) is 0. The van der Waals surface area contributed by atoms with Crippen molar-refractivity contribution in [2.24, 2.45) is 0 Å². The molecule has 2 amide bonds. The van der Waals surface area contributed by atoms with Gasteiger partial charge in [-0.1, -0.05) is 0 Å². The fraction of sp³-hybridized carbons (Fsp3) is 0.273. The lowest BCUT2D eigenvalue weighted by Crippen LogP contribution is -2.34. The Morgan fingerprint density at radius 1 is 1.47 bits per heavy atom. The van der Waals surface area contributed by atoms with Crippen molar-refractivity contribution < 1.29 is 9.21 Å². The van der Waals surface area contributed by atoms with Gasteiger partial charge in [-0.3, -0.25) is 0 Å². The van der Waals surface area contributed by atoms with Crippen LogP contribution in [0.3, 0.4) is 0 Å². The Bertz CT molecular complexity index is 479. The lowest BCUT2D eigenvalue weighted by Gasteiger charge is -2.04. The highest BCUT2D eigenvalue weighted by molar-refractivity contribution is 7.09. The summed E-state index contributed by atoms with van der Waals surface area (Å²) >= 11 is 1.54. The fourth-order valence-electron chi connectivity index (χ4n) is 1.28. The molecule has 6 heteroatoms. The van der Waals surface area contributed by atoms with Crippen molar-refractivity contribution in [1.29, 1.82) is 0 Å². The molecule has 0 fully saturated rings. The van der Waals surface area contributed by atoms with Crippen molar-refractivity contribution in [2.75, 3.05) is 0 Å². The van der Waals surface area contributed by atoms with E-state index in [0.717, 1.165) is 16.5 Å². The fourth-order valence-corrected chi connectivity index (χ4v) is 1.99. The molecule has 0 aliphatic rings. The summed E-state index contributed by atoms with van der Waals surface area (Å²) in [5.74, 6) is 0.727. The van der Waals surface area contributed by atoms with E-state index in [9.17, 15) is 4.79 Å². The van der Waals surface area contributed by atoms with E-state index < -0.39 is 0 Å². The number of amides is 2. The summed E-state index contributed by atoms with van der Waals surface area (Å²) in [5, 5.41) is 8.28. The smallest absolute Gasteiger partial charge is 0.315 e. The quantitative estimate of drug-likeness (QED) is 0.873. The van der Waals surface area contributed by atoms with Gasteiger partial charge >= 0.3 is 6.03 Å². The third kappa shape index (κ3) is 3.60. The first-order valence-corrected chi connectivity index (χ1v) is 6.07. The average molecular weight is 251 g/mol. The summed E-state index contributed by atoms with van der Waals surface area (Å²) in [4.78, 5) is 15.7. The Balaban J connectivity index is 1.71. The van der Waals surface area contributed by atoms with E-state index >= 15 is 0 Å². The number of hydrogen-bond acceptors (Lipinski definition) is 4. The number of nitrogens with zero attached hydrogens (tertiary/aromatic N) is 1. The molecular formula is C11H13N3O2S. The summed E-state index contributed by atoms with van der Waals surface area (Å²) in [6, 6.07) is 3.37. The second kappa shape index (κ2) is 5.49. The van der Waals surface area contributed by atoms with Crippen LogP contribution in [0.1, 0.15) is 16.5 Å². The predicted octanol–water partition coefficient (Wildman–Crippen LogP) is 2.04. The normalized spacial score (nSPS) is 10.2. The predicted molar refractivity (Wildman–Crippen MR) is 64.6 cm³/mol. The van der Waals surface area contributed by atoms with E-state index in [-0.39, 0.29) is 6.03 Å². The van der Waals surface area contributed by atoms with Crippen LogP contribution < -0.4 is 10.6 Å². The molecule has 0 saturated heterocycles. The van der Waals surface area contributed by atoms with Crippen LogP contribution in [-0.4, -0.2) is 11.0 Å². The van der Waals surface area contributed by atoms with Gasteiger partial charge in [0, 0.05) is 11.1 Å². The van der Waals surface area contributed by atoms with Crippen LogP contribution in [0.15, 0.2) is 28.2 Å². The lowest BCUT2D eigenvalue weighted by molar-refractivity contribution is 0.239. The lowest BCUT2D eigenvalue weighted by atomic mass is 10.4. The first-order chi connectivity index (χ1) is 8.24. The molecule has 17 heavy (non-hydrogen) atoms. The molecule has 0 bridgehead atoms. The molecule has 90 valence electrons. The topological polar surface area (TPSA) is 67.2 Å². The minimum absolute atomic E-state index is 0.228. The molecule has 2 rings (SSSR count). The highest BCUT2D eigenvalue weighted by Gasteiger charge is 2.03. The van der Waals surface area contributed by atoms with E-state index in [1.807, 2.05) is 18.4 Å². The van der Waals surface area contributed by atoms with E-state index in [0.29, 0.717) is 13.1 Å². The van der Waals surface area contributed by atoms with E-state index in [4.69, 9.17) is 4.42 Å². The summed E-state index contributed by atoms with van der Waals surface area (Å²) in [6.45, 7) is 2.76. The van der Waals surface area contributed by atoms with Crippen molar-refractivity contribution >= 4 is 17.4 Å². The molecule has 2 heterocycles. The largest absolute Gasteiger partial charge is 0.467 e. The Hall–Kier alpha value is -1.82. The second-order valence-electron chi connectivity index (χ2n) is 3.50. The number of carbonyl (C=O) groups excluding carboxylic acids is 1. The van der Waals surface area contributed by atoms with Gasteiger partial charge in [0.15, 0.2) is 0 Å². The first kappa shape index (κ1) is 11.7. The van der Waals surface area contributed by atoms with Crippen molar-refractivity contribution in [3.05, 3.63) is 40.2 Å². The van der Waals surface area contributed by atoms with Gasteiger partial charge in [0.05, 0.1) is 19.4 Å². The highest BCUT2D eigenvalue weighted by atomic mass is 32.1. The molecule has 2 aromatic rings. The van der Waals surface area contributed by atoms with Gasteiger partial charge in [-0.2, -0.15) is 0 Å². The number of rotatable bonds is 4. The SMILES string of the molecule is Cc1csc(CNC(=O)NCc2ccco2)n1. The molecule has 0 aromatic carbocycles. The highest BCUT2D eigenvalue weighted by Crippen LogP contribution is 2.07. The molecule has 0 radical (unpaired) electrons. The standard InChI is InChI=1S/C11H13N3O2S/c1-8-7-17-10(14-8)6-13-11(15)12-5-9-3-2-4-16-9/h2-4,7H,5-6H2,1H3,(H2,12,13,15). The minimum atomic E-state index is -0.228. The summed E-state index contributed by atoms with van der Waals surface area (Å²) in [5.41, 5.74) is 0.975. The van der Waals surface area contributed by atoms with Crippen LogP contribution in [0.2, 0.25) is 0 Å². The average Bonchev–Trinajstić information content (AvgIpc) is 2.95.